The van der Waals surface area contributed by atoms with Crippen molar-refractivity contribution in [2.24, 2.45) is 11.8 Å². The number of nitrogens with zero attached hydrogens (tertiary/aromatic N) is 1. The molecule has 102 valence electrons. The average molecular weight is 255 g/mol. The number of carbonyl (C=O) groups is 2. The number of carboxylic acids is 1. The monoisotopic (exact) mass is 255 g/mol. The van der Waals surface area contributed by atoms with Crippen molar-refractivity contribution in [3.8, 4) is 0 Å². The molecule has 0 radical (unpaired) electrons. The third kappa shape index (κ3) is 2.00. The molecule has 1 amide bonds. The van der Waals surface area contributed by atoms with Gasteiger partial charge in [-0.05, 0) is 26.2 Å². The Morgan fingerprint density at radius 3 is 2.67 bits per heavy atom. The normalized spacial score (nSPS) is 41.2. The Balaban J connectivity index is 2.28. The zero-order chi connectivity index (χ0) is 13.5. The van der Waals surface area contributed by atoms with E-state index in [4.69, 9.17) is 4.74 Å². The summed E-state index contributed by atoms with van der Waals surface area (Å²) in [7, 11) is 0. The number of likely N-dealkylation sites (tertiary alicyclic amines) is 1. The Hall–Kier alpha value is -1.10. The Labute approximate surface area is 107 Å². The van der Waals surface area contributed by atoms with E-state index in [1.165, 1.54) is 0 Å². The first kappa shape index (κ1) is 13.3. The van der Waals surface area contributed by atoms with Crippen molar-refractivity contribution in [1.82, 2.24) is 4.90 Å². The summed E-state index contributed by atoms with van der Waals surface area (Å²) in [6.45, 7) is 6.82. The Morgan fingerprint density at radius 1 is 1.50 bits per heavy atom. The molecule has 0 aromatic heterocycles. The lowest BCUT2D eigenvalue weighted by Crippen LogP contribution is -2.61. The van der Waals surface area contributed by atoms with E-state index in [0.29, 0.717) is 19.6 Å². The summed E-state index contributed by atoms with van der Waals surface area (Å²) in [5.41, 5.74) is -0.343. The van der Waals surface area contributed by atoms with Crippen molar-refractivity contribution in [2.45, 2.75) is 45.2 Å². The van der Waals surface area contributed by atoms with Crippen LogP contribution >= 0.6 is 0 Å². The van der Waals surface area contributed by atoms with Crippen LogP contribution in [-0.2, 0) is 14.3 Å². The zero-order valence-corrected chi connectivity index (χ0v) is 11.2. The molecule has 0 aliphatic carbocycles. The number of piperidine rings is 1. The Morgan fingerprint density at radius 2 is 2.17 bits per heavy atom. The second-order valence-electron chi connectivity index (χ2n) is 5.85. The van der Waals surface area contributed by atoms with E-state index in [0.717, 1.165) is 6.42 Å². The number of hydrogen-bond donors (Lipinski definition) is 1. The van der Waals surface area contributed by atoms with Gasteiger partial charge < -0.3 is 14.7 Å². The summed E-state index contributed by atoms with van der Waals surface area (Å²) in [5, 5.41) is 9.34. The quantitative estimate of drug-likeness (QED) is 0.803. The molecule has 2 aliphatic heterocycles. The van der Waals surface area contributed by atoms with Crippen LogP contribution in [0.4, 0.5) is 0 Å². The highest BCUT2D eigenvalue weighted by molar-refractivity contribution is 5.82. The second kappa shape index (κ2) is 4.53. The summed E-state index contributed by atoms with van der Waals surface area (Å²) >= 11 is 0. The first-order valence-electron chi connectivity index (χ1n) is 6.49. The molecule has 2 rings (SSSR count). The number of hydrogen-bond acceptors (Lipinski definition) is 3. The van der Waals surface area contributed by atoms with Gasteiger partial charge in [0.1, 0.15) is 0 Å². The number of rotatable bonds is 2. The van der Waals surface area contributed by atoms with Gasteiger partial charge in [0.15, 0.2) is 0 Å². The molecule has 0 aromatic carbocycles. The van der Waals surface area contributed by atoms with Crippen LogP contribution in [0.25, 0.3) is 0 Å². The minimum absolute atomic E-state index is 0.0560. The summed E-state index contributed by atoms with van der Waals surface area (Å²) in [6.07, 6.45) is 1.10. The lowest BCUT2D eigenvalue weighted by molar-refractivity contribution is -0.160. The first-order chi connectivity index (χ1) is 8.37. The van der Waals surface area contributed by atoms with E-state index < -0.39 is 11.9 Å². The Kier molecular flexibility index (Phi) is 3.36. The van der Waals surface area contributed by atoms with Gasteiger partial charge in [0.2, 0.25) is 5.91 Å². The smallest absolute Gasteiger partial charge is 0.308 e. The van der Waals surface area contributed by atoms with Crippen LogP contribution in [0.2, 0.25) is 0 Å². The van der Waals surface area contributed by atoms with Gasteiger partial charge in [0, 0.05) is 19.1 Å². The maximum absolute atomic E-state index is 12.3. The van der Waals surface area contributed by atoms with Crippen molar-refractivity contribution < 1.29 is 19.4 Å². The average Bonchev–Trinajstić information content (AvgIpc) is 2.63. The highest BCUT2D eigenvalue weighted by atomic mass is 16.5. The maximum atomic E-state index is 12.3. The van der Waals surface area contributed by atoms with Gasteiger partial charge in [-0.25, -0.2) is 0 Å². The van der Waals surface area contributed by atoms with Gasteiger partial charge in [0.25, 0.3) is 0 Å². The minimum Gasteiger partial charge on any atom is -0.481 e. The SMILES string of the molecule is CC1CC(=O)N(C2(C)CCOC2)C(C)C1C(=O)O. The predicted molar refractivity (Wildman–Crippen MR) is 65.1 cm³/mol. The fourth-order valence-corrected chi connectivity index (χ4v) is 3.45. The van der Waals surface area contributed by atoms with E-state index >= 15 is 0 Å². The molecule has 5 heteroatoms. The van der Waals surface area contributed by atoms with E-state index in [1.54, 1.807) is 4.90 Å². The molecule has 0 spiro atoms. The lowest BCUT2D eigenvalue weighted by Gasteiger charge is -2.48. The molecular weight excluding hydrogens is 234 g/mol. The molecule has 4 atom stereocenters. The molecule has 4 unspecified atom stereocenters. The summed E-state index contributed by atoms with van der Waals surface area (Å²) in [4.78, 5) is 25.4. The maximum Gasteiger partial charge on any atom is 0.308 e. The van der Waals surface area contributed by atoms with Gasteiger partial charge in [-0.3, -0.25) is 9.59 Å². The van der Waals surface area contributed by atoms with Crippen LogP contribution in [0.15, 0.2) is 0 Å². The molecule has 2 heterocycles. The molecule has 2 saturated heterocycles. The van der Waals surface area contributed by atoms with Crippen molar-refractivity contribution in [1.29, 1.82) is 0 Å². The van der Waals surface area contributed by atoms with Gasteiger partial charge in [-0.1, -0.05) is 6.92 Å². The standard InChI is InChI=1S/C13H21NO4/c1-8-6-10(15)14(9(2)11(8)12(16)17)13(3)4-5-18-7-13/h8-9,11H,4-7H2,1-3H3,(H,16,17). The van der Waals surface area contributed by atoms with Gasteiger partial charge >= 0.3 is 5.97 Å². The number of ether oxygens (including phenoxy) is 1. The molecule has 18 heavy (non-hydrogen) atoms. The number of amides is 1. The molecule has 0 saturated carbocycles. The second-order valence-corrected chi connectivity index (χ2v) is 5.85. The molecule has 0 bridgehead atoms. The van der Waals surface area contributed by atoms with E-state index in [9.17, 15) is 14.7 Å². The number of carboxylic acid groups (broad SMARTS) is 1. The fraction of sp³-hybridized carbons (Fsp3) is 0.846. The lowest BCUT2D eigenvalue weighted by atomic mass is 9.78. The summed E-state index contributed by atoms with van der Waals surface area (Å²) in [5.74, 6) is -1.34. The predicted octanol–water partition coefficient (Wildman–Crippen LogP) is 1.12. The molecule has 2 aliphatic rings. The highest BCUT2D eigenvalue weighted by Crippen LogP contribution is 2.37. The third-order valence-corrected chi connectivity index (χ3v) is 4.37. The van der Waals surface area contributed by atoms with Crippen molar-refractivity contribution >= 4 is 11.9 Å². The fourth-order valence-electron chi connectivity index (χ4n) is 3.45. The van der Waals surface area contributed by atoms with E-state index in [-0.39, 0.29) is 23.4 Å². The molecule has 0 aromatic rings. The highest BCUT2D eigenvalue weighted by Gasteiger charge is 2.49. The molecule has 2 fully saturated rings. The van der Waals surface area contributed by atoms with E-state index in [1.807, 2.05) is 20.8 Å². The zero-order valence-electron chi connectivity index (χ0n) is 11.2. The number of carbonyl (C=O) groups excluding carboxylic acids is 1. The summed E-state index contributed by atoms with van der Waals surface area (Å²) in [6, 6.07) is -0.273. The van der Waals surface area contributed by atoms with E-state index in [2.05, 4.69) is 0 Å². The topological polar surface area (TPSA) is 66.8 Å². The van der Waals surface area contributed by atoms with Crippen molar-refractivity contribution in [3.05, 3.63) is 0 Å². The van der Waals surface area contributed by atoms with Gasteiger partial charge in [-0.2, -0.15) is 0 Å². The minimum atomic E-state index is -0.810. The van der Waals surface area contributed by atoms with Crippen LogP contribution in [0.5, 0.6) is 0 Å². The first-order valence-corrected chi connectivity index (χ1v) is 6.49. The van der Waals surface area contributed by atoms with Crippen LogP contribution in [0.1, 0.15) is 33.6 Å². The summed E-state index contributed by atoms with van der Waals surface area (Å²) < 4.78 is 5.39. The van der Waals surface area contributed by atoms with Crippen LogP contribution in [-0.4, -0.2) is 46.7 Å². The van der Waals surface area contributed by atoms with Crippen LogP contribution in [0, 0.1) is 11.8 Å². The van der Waals surface area contributed by atoms with Crippen molar-refractivity contribution in [2.75, 3.05) is 13.2 Å². The van der Waals surface area contributed by atoms with Gasteiger partial charge in [0.05, 0.1) is 18.1 Å². The van der Waals surface area contributed by atoms with Gasteiger partial charge in [-0.15, -0.1) is 0 Å². The molecule has 1 N–H and O–H groups in total. The van der Waals surface area contributed by atoms with Crippen LogP contribution < -0.4 is 0 Å². The van der Waals surface area contributed by atoms with Crippen LogP contribution in [0.3, 0.4) is 0 Å². The van der Waals surface area contributed by atoms with Crippen molar-refractivity contribution in [3.63, 3.8) is 0 Å². The Bertz CT molecular complexity index is 362. The number of aliphatic carboxylic acids is 1. The largest absolute Gasteiger partial charge is 0.481 e. The third-order valence-electron chi connectivity index (χ3n) is 4.37. The molecule has 5 nitrogen and oxygen atoms in total. The molecular formula is C13H21NO4.